The van der Waals surface area contributed by atoms with Gasteiger partial charge < -0.3 is 19.0 Å². The number of fused-ring (bicyclic) bond motifs is 1. The molecule has 0 bridgehead atoms. The minimum absolute atomic E-state index is 0.00875. The second-order valence-electron chi connectivity index (χ2n) is 7.33. The van der Waals surface area contributed by atoms with Gasteiger partial charge in [-0.05, 0) is 25.0 Å². The van der Waals surface area contributed by atoms with Crippen molar-refractivity contribution in [1.29, 1.82) is 0 Å². The van der Waals surface area contributed by atoms with E-state index in [0.717, 1.165) is 0 Å². The second kappa shape index (κ2) is 8.18. The highest BCUT2D eigenvalue weighted by atomic mass is 16.5. The van der Waals surface area contributed by atoms with Crippen molar-refractivity contribution in [2.24, 2.45) is 5.92 Å². The molecule has 2 amide bonds. The fourth-order valence-electron chi connectivity index (χ4n) is 4.01. The number of hydrogen-bond donors (Lipinski definition) is 0. The van der Waals surface area contributed by atoms with Gasteiger partial charge in [0.05, 0.1) is 18.7 Å². The Morgan fingerprint density at radius 2 is 1.71 bits per heavy atom. The molecule has 2 aromatic rings. The lowest BCUT2D eigenvalue weighted by Gasteiger charge is -2.35. The molecular weight excluding hydrogens is 362 g/mol. The summed E-state index contributed by atoms with van der Waals surface area (Å²) in [5.74, 6) is -0.257. The molecule has 1 aromatic heterocycles. The first-order valence-corrected chi connectivity index (χ1v) is 9.86. The van der Waals surface area contributed by atoms with Gasteiger partial charge in [-0.3, -0.25) is 14.2 Å². The molecule has 1 aromatic carbocycles. The van der Waals surface area contributed by atoms with Crippen molar-refractivity contribution in [3.63, 3.8) is 0 Å². The number of carbonyl (C=O) groups excluding carboxylic acids is 2. The summed E-state index contributed by atoms with van der Waals surface area (Å²) in [5.41, 5.74) is 1.23. The number of ether oxygens (including phenoxy) is 1. The summed E-state index contributed by atoms with van der Waals surface area (Å²) in [4.78, 5) is 40.9. The van der Waals surface area contributed by atoms with Gasteiger partial charge in [-0.1, -0.05) is 12.1 Å². The number of piperidine rings is 1. The third-order valence-corrected chi connectivity index (χ3v) is 5.64. The smallest absolute Gasteiger partial charge is 0.408 e. The Kier molecular flexibility index (Phi) is 5.47. The van der Waals surface area contributed by atoms with Crippen molar-refractivity contribution < 1.29 is 18.7 Å². The molecule has 2 saturated heterocycles. The standard InChI is InChI=1S/C20H25N3O5/c24-18(7-10-23-16-3-1-2-4-17(16)28-20(23)26)21-8-5-15(6-9-21)19(25)22-11-13-27-14-12-22/h1-4,15H,5-14H2. The van der Waals surface area contributed by atoms with Crippen LogP contribution < -0.4 is 5.76 Å². The van der Waals surface area contributed by atoms with Crippen LogP contribution in [0.3, 0.4) is 0 Å². The molecule has 8 nitrogen and oxygen atoms in total. The van der Waals surface area contributed by atoms with Gasteiger partial charge in [-0.2, -0.15) is 0 Å². The predicted molar refractivity (Wildman–Crippen MR) is 102 cm³/mol. The highest BCUT2D eigenvalue weighted by Crippen LogP contribution is 2.21. The van der Waals surface area contributed by atoms with E-state index in [1.807, 2.05) is 23.1 Å². The number of morpholine rings is 1. The van der Waals surface area contributed by atoms with Gasteiger partial charge in [0.1, 0.15) is 0 Å². The fourth-order valence-corrected chi connectivity index (χ4v) is 4.01. The molecule has 2 aliphatic heterocycles. The molecule has 0 spiro atoms. The van der Waals surface area contributed by atoms with Crippen LogP contribution in [-0.2, 0) is 20.9 Å². The van der Waals surface area contributed by atoms with Crippen LogP contribution in [0.1, 0.15) is 19.3 Å². The van der Waals surface area contributed by atoms with Gasteiger partial charge >= 0.3 is 5.76 Å². The number of para-hydroxylation sites is 2. The van der Waals surface area contributed by atoms with Gasteiger partial charge in [-0.25, -0.2) is 4.79 Å². The lowest BCUT2D eigenvalue weighted by molar-refractivity contribution is -0.143. The van der Waals surface area contributed by atoms with Crippen LogP contribution in [0.2, 0.25) is 0 Å². The zero-order valence-corrected chi connectivity index (χ0v) is 15.8. The molecule has 8 heteroatoms. The lowest BCUT2D eigenvalue weighted by atomic mass is 9.95. The number of nitrogens with zero attached hydrogens (tertiary/aromatic N) is 3. The Labute approximate surface area is 162 Å². The fraction of sp³-hybridized carbons (Fsp3) is 0.550. The number of hydrogen-bond acceptors (Lipinski definition) is 5. The summed E-state index contributed by atoms with van der Waals surface area (Å²) in [5, 5.41) is 0. The molecule has 3 heterocycles. The molecule has 2 aliphatic rings. The molecule has 150 valence electrons. The van der Waals surface area contributed by atoms with Crippen LogP contribution in [0.4, 0.5) is 0 Å². The summed E-state index contributed by atoms with van der Waals surface area (Å²) in [7, 11) is 0. The predicted octanol–water partition coefficient (Wildman–Crippen LogP) is 1.08. The van der Waals surface area contributed by atoms with E-state index in [2.05, 4.69) is 0 Å². The molecular formula is C20H25N3O5. The normalized spacial score (nSPS) is 18.6. The molecule has 0 N–H and O–H groups in total. The number of oxazole rings is 1. The van der Waals surface area contributed by atoms with E-state index in [-0.39, 0.29) is 24.2 Å². The Balaban J connectivity index is 1.30. The first-order chi connectivity index (χ1) is 13.6. The lowest BCUT2D eigenvalue weighted by Crippen LogP contribution is -2.47. The van der Waals surface area contributed by atoms with Crippen molar-refractivity contribution in [2.45, 2.75) is 25.8 Å². The van der Waals surface area contributed by atoms with Gasteiger partial charge in [0.25, 0.3) is 0 Å². The number of benzene rings is 1. The second-order valence-corrected chi connectivity index (χ2v) is 7.33. The maximum absolute atomic E-state index is 12.6. The summed E-state index contributed by atoms with van der Waals surface area (Å²) in [6.07, 6.45) is 1.62. The molecule has 0 aliphatic carbocycles. The van der Waals surface area contributed by atoms with Crippen molar-refractivity contribution in [2.75, 3.05) is 39.4 Å². The number of amides is 2. The largest absolute Gasteiger partial charge is 0.419 e. The molecule has 0 unspecified atom stereocenters. The van der Waals surface area contributed by atoms with Crippen molar-refractivity contribution in [3.8, 4) is 0 Å². The van der Waals surface area contributed by atoms with Crippen LogP contribution in [0.25, 0.3) is 11.1 Å². The van der Waals surface area contributed by atoms with E-state index in [4.69, 9.17) is 9.15 Å². The van der Waals surface area contributed by atoms with Crippen LogP contribution in [0.15, 0.2) is 33.5 Å². The van der Waals surface area contributed by atoms with Gasteiger partial charge in [0.15, 0.2) is 5.58 Å². The number of carbonyl (C=O) groups is 2. The van der Waals surface area contributed by atoms with Crippen molar-refractivity contribution >= 4 is 22.9 Å². The number of aromatic nitrogens is 1. The summed E-state index contributed by atoms with van der Waals surface area (Å²) in [6.45, 7) is 3.98. The van der Waals surface area contributed by atoms with E-state index < -0.39 is 5.76 Å². The molecule has 0 radical (unpaired) electrons. The molecule has 2 fully saturated rings. The topological polar surface area (TPSA) is 85.0 Å². The van der Waals surface area contributed by atoms with E-state index >= 15 is 0 Å². The number of likely N-dealkylation sites (tertiary alicyclic amines) is 1. The third kappa shape index (κ3) is 3.82. The van der Waals surface area contributed by atoms with Gasteiger partial charge in [-0.15, -0.1) is 0 Å². The van der Waals surface area contributed by atoms with E-state index in [1.54, 1.807) is 11.0 Å². The molecule has 0 atom stereocenters. The maximum Gasteiger partial charge on any atom is 0.419 e. The molecule has 4 rings (SSSR count). The van der Waals surface area contributed by atoms with Crippen LogP contribution in [0.5, 0.6) is 0 Å². The quantitative estimate of drug-likeness (QED) is 0.784. The molecule has 28 heavy (non-hydrogen) atoms. The zero-order chi connectivity index (χ0) is 19.5. The first-order valence-electron chi connectivity index (χ1n) is 9.86. The number of rotatable bonds is 4. The summed E-state index contributed by atoms with van der Waals surface area (Å²) < 4.78 is 12.0. The Morgan fingerprint density at radius 3 is 2.46 bits per heavy atom. The van der Waals surface area contributed by atoms with Gasteiger partial charge in [0.2, 0.25) is 11.8 Å². The average Bonchev–Trinajstić information content (AvgIpc) is 3.07. The Morgan fingerprint density at radius 1 is 1.00 bits per heavy atom. The van der Waals surface area contributed by atoms with Crippen LogP contribution in [0, 0.1) is 5.92 Å². The SMILES string of the molecule is O=C(CCn1c(=O)oc2ccccc21)N1CCC(C(=O)N2CCOCC2)CC1. The Bertz CT molecular complexity index is 904. The van der Waals surface area contributed by atoms with Crippen molar-refractivity contribution in [3.05, 3.63) is 34.8 Å². The Hall–Kier alpha value is -2.61. The number of aryl methyl sites for hydroxylation is 1. The molecule has 0 saturated carbocycles. The van der Waals surface area contributed by atoms with Crippen LogP contribution >= 0.6 is 0 Å². The van der Waals surface area contributed by atoms with Crippen molar-refractivity contribution in [1.82, 2.24) is 14.4 Å². The summed E-state index contributed by atoms with van der Waals surface area (Å²) >= 11 is 0. The maximum atomic E-state index is 12.6. The monoisotopic (exact) mass is 387 g/mol. The van der Waals surface area contributed by atoms with E-state index in [9.17, 15) is 14.4 Å². The van der Waals surface area contributed by atoms with E-state index in [1.165, 1.54) is 4.57 Å². The third-order valence-electron chi connectivity index (χ3n) is 5.64. The average molecular weight is 387 g/mol. The zero-order valence-electron chi connectivity index (χ0n) is 15.8. The minimum atomic E-state index is -0.441. The van der Waals surface area contributed by atoms with Gasteiger partial charge in [0, 0.05) is 45.1 Å². The van der Waals surface area contributed by atoms with E-state index in [0.29, 0.717) is 69.9 Å². The highest BCUT2D eigenvalue weighted by molar-refractivity contribution is 5.80. The summed E-state index contributed by atoms with van der Waals surface area (Å²) in [6, 6.07) is 7.20. The van der Waals surface area contributed by atoms with Crippen LogP contribution in [-0.4, -0.2) is 65.6 Å². The minimum Gasteiger partial charge on any atom is -0.408 e. The highest BCUT2D eigenvalue weighted by Gasteiger charge is 2.30. The first kappa shape index (κ1) is 18.7.